The van der Waals surface area contributed by atoms with Gasteiger partial charge in [-0.1, -0.05) is 62.7 Å². The number of nitrogens with one attached hydrogen (secondary N) is 1. The van der Waals surface area contributed by atoms with E-state index in [9.17, 15) is 9.90 Å². The van der Waals surface area contributed by atoms with Gasteiger partial charge in [0.2, 0.25) is 5.78 Å². The van der Waals surface area contributed by atoms with Gasteiger partial charge in [-0.25, -0.2) is 14.4 Å². The molecule has 4 aromatic rings. The number of carbonyl (C=O) groups is 2. The molecule has 0 saturated heterocycles. The van der Waals surface area contributed by atoms with Gasteiger partial charge in [-0.2, -0.15) is 0 Å². The lowest BCUT2D eigenvalue weighted by Crippen LogP contribution is -2.65. The lowest BCUT2D eigenvalue weighted by atomic mass is 9.58. The molecule has 0 unspecified atom stereocenters. The molecule has 278 valence electrons. The maximum absolute atomic E-state index is 16.1. The van der Waals surface area contributed by atoms with Gasteiger partial charge in [0, 0.05) is 28.8 Å². The van der Waals surface area contributed by atoms with Crippen LogP contribution in [-0.4, -0.2) is 64.7 Å². The second-order valence-electron chi connectivity index (χ2n) is 15.9. The molecule has 4 atom stereocenters. The van der Waals surface area contributed by atoms with E-state index in [1.54, 1.807) is 6.92 Å². The summed E-state index contributed by atoms with van der Waals surface area (Å²) in [5, 5.41) is 19.9. The fraction of sp³-hybridized carbons (Fsp3) is 0.410. The molecule has 2 aromatic carbocycles. The Morgan fingerprint density at radius 1 is 1.13 bits per heavy atom. The Bertz CT molecular complexity index is 2170. The number of hydrogen-bond acceptors (Lipinski definition) is 11. The van der Waals surface area contributed by atoms with Crippen LogP contribution in [-0.2, 0) is 17.5 Å². The highest BCUT2D eigenvalue weighted by molar-refractivity contribution is 6.74. The first kappa shape index (κ1) is 36.9. The van der Waals surface area contributed by atoms with Crippen molar-refractivity contribution in [3.8, 4) is 5.88 Å². The summed E-state index contributed by atoms with van der Waals surface area (Å²) >= 11 is 6.07. The molecule has 14 heteroatoms. The molecule has 0 amide bonds. The number of nitrogens with zero attached hydrogens (tertiary/aromatic N) is 4. The molecule has 0 radical (unpaired) electrons. The summed E-state index contributed by atoms with van der Waals surface area (Å²) in [5.74, 6) is -2.90. The van der Waals surface area contributed by atoms with Crippen LogP contribution in [0.4, 0.5) is 15.9 Å². The van der Waals surface area contributed by atoms with Crippen molar-refractivity contribution in [2.24, 2.45) is 11.8 Å². The third-order valence-electron chi connectivity index (χ3n) is 11.4. The topological polar surface area (TPSA) is 140 Å². The number of aliphatic hydroxyl groups excluding tert-OH is 1. The SMILES string of the molecule is Cc1c(Nc2cc(Cl)ncn2)cc(F)c2c1C(=O)C1=C(O)[C@]3(O[Si](C)(C)C(C)(C)C)C(=O)c4c(OCc5ccccc5)noc4[C@@H](N(C)C)[C@@H]3C[C@@H]1C2. The molecular weight excluding hydrogens is 717 g/mol. The fourth-order valence-corrected chi connectivity index (χ4v) is 9.44. The van der Waals surface area contributed by atoms with E-state index in [-0.39, 0.29) is 52.7 Å². The Balaban J connectivity index is 1.41. The van der Waals surface area contributed by atoms with Gasteiger partial charge < -0.3 is 24.1 Å². The monoisotopic (exact) mass is 759 g/mol. The smallest absolute Gasteiger partial charge is 0.265 e. The van der Waals surface area contributed by atoms with Crippen LogP contribution in [0.5, 0.6) is 5.88 Å². The van der Waals surface area contributed by atoms with Crippen LogP contribution in [0.15, 0.2) is 64.6 Å². The minimum absolute atomic E-state index is 0.0175. The maximum atomic E-state index is 16.1. The van der Waals surface area contributed by atoms with Crippen molar-refractivity contribution < 1.29 is 32.8 Å². The number of Topliss-reactive ketones (excluding diaryl/α,β-unsaturated/α-hetero) is 2. The number of benzene rings is 2. The minimum Gasteiger partial charge on any atom is -0.508 e. The van der Waals surface area contributed by atoms with Crippen LogP contribution in [0.3, 0.4) is 0 Å². The first-order valence-electron chi connectivity index (χ1n) is 17.6. The van der Waals surface area contributed by atoms with Crippen molar-refractivity contribution in [3.63, 3.8) is 0 Å². The Kier molecular flexibility index (Phi) is 9.16. The number of allylic oxidation sites excluding steroid dienone is 1. The molecule has 7 rings (SSSR count). The van der Waals surface area contributed by atoms with Crippen LogP contribution in [0, 0.1) is 24.6 Å². The highest BCUT2D eigenvalue weighted by atomic mass is 35.5. The fourth-order valence-electron chi connectivity index (χ4n) is 7.84. The summed E-state index contributed by atoms with van der Waals surface area (Å²) in [6, 6.07) is 11.7. The molecule has 0 aliphatic heterocycles. The average Bonchev–Trinajstić information content (AvgIpc) is 3.50. The zero-order valence-corrected chi connectivity index (χ0v) is 32.8. The summed E-state index contributed by atoms with van der Waals surface area (Å²) in [6.07, 6.45) is 1.63. The predicted octanol–water partition coefficient (Wildman–Crippen LogP) is 8.33. The largest absolute Gasteiger partial charge is 0.508 e. The third kappa shape index (κ3) is 5.98. The Hall–Kier alpha value is -4.43. The molecule has 3 aliphatic carbocycles. The van der Waals surface area contributed by atoms with Gasteiger partial charge in [0.05, 0.1) is 6.04 Å². The van der Waals surface area contributed by atoms with E-state index in [1.807, 2.05) is 83.2 Å². The average molecular weight is 760 g/mol. The quantitative estimate of drug-likeness (QED) is 0.132. The molecule has 0 fully saturated rings. The number of carbonyl (C=O) groups excluding carboxylic acids is 2. The summed E-state index contributed by atoms with van der Waals surface area (Å²) in [6.45, 7) is 12.0. The third-order valence-corrected chi connectivity index (χ3v) is 16.1. The zero-order valence-electron chi connectivity index (χ0n) is 31.0. The van der Waals surface area contributed by atoms with E-state index in [0.717, 1.165) is 5.56 Å². The maximum Gasteiger partial charge on any atom is 0.265 e. The van der Waals surface area contributed by atoms with Gasteiger partial charge in [0.25, 0.3) is 5.88 Å². The van der Waals surface area contributed by atoms with Gasteiger partial charge in [-0.05, 0) is 85.8 Å². The van der Waals surface area contributed by atoms with E-state index in [4.69, 9.17) is 25.3 Å². The van der Waals surface area contributed by atoms with Crippen molar-refractivity contribution in [3.05, 3.63) is 105 Å². The van der Waals surface area contributed by atoms with Crippen LogP contribution in [0.1, 0.15) is 76.4 Å². The van der Waals surface area contributed by atoms with Crippen molar-refractivity contribution in [2.75, 3.05) is 19.4 Å². The summed E-state index contributed by atoms with van der Waals surface area (Å²) in [7, 11) is 0.807. The van der Waals surface area contributed by atoms with Gasteiger partial charge >= 0.3 is 0 Å². The number of anilines is 2. The molecule has 11 nitrogen and oxygen atoms in total. The Labute approximate surface area is 313 Å². The lowest BCUT2D eigenvalue weighted by Gasteiger charge is -2.55. The molecule has 0 saturated carbocycles. The molecule has 0 bridgehead atoms. The Morgan fingerprint density at radius 3 is 2.51 bits per heavy atom. The predicted molar refractivity (Wildman–Crippen MR) is 200 cm³/mol. The van der Waals surface area contributed by atoms with Crippen molar-refractivity contribution in [1.29, 1.82) is 0 Å². The standard InChI is InChI=1S/C39H43ClFN5O6Si/c1-20-26(44-28-17-27(40)42-19-43-28)16-25(41)23-14-22-15-24-32(46(5)6)34-31(37(45-51-34)50-18-21-12-10-9-11-13-21)36(49)39(24,52-53(7,8)38(2,3)4)35(48)30(22)33(47)29(20)23/h9-13,16-17,19,22,24,32,48H,14-15,18H2,1-8H3,(H,42,43,44)/t22-,24-,32-,39-/m0/s1. The summed E-state index contributed by atoms with van der Waals surface area (Å²) in [5.41, 5.74) is 0.129. The molecule has 2 aromatic heterocycles. The first-order valence-corrected chi connectivity index (χ1v) is 20.9. The highest BCUT2D eigenvalue weighted by Gasteiger charge is 2.67. The van der Waals surface area contributed by atoms with Crippen molar-refractivity contribution in [2.45, 2.75) is 76.9 Å². The molecule has 3 aliphatic rings. The molecule has 2 N–H and O–H groups in total. The van der Waals surface area contributed by atoms with Gasteiger partial charge in [0.1, 0.15) is 41.0 Å². The van der Waals surface area contributed by atoms with Gasteiger partial charge in [0.15, 0.2) is 25.5 Å². The van der Waals surface area contributed by atoms with E-state index < -0.39 is 60.0 Å². The van der Waals surface area contributed by atoms with Crippen molar-refractivity contribution in [1.82, 2.24) is 20.0 Å². The summed E-state index contributed by atoms with van der Waals surface area (Å²) in [4.78, 5) is 40.2. The normalized spacial score (nSPS) is 22.7. The number of rotatable bonds is 8. The van der Waals surface area contributed by atoms with E-state index in [1.165, 1.54) is 18.5 Å². The molecule has 53 heavy (non-hydrogen) atoms. The Morgan fingerprint density at radius 2 is 1.85 bits per heavy atom. The molecular formula is C39H43ClFN5O6Si. The number of fused-ring (bicyclic) bond motifs is 4. The number of halogens is 2. The van der Waals surface area contributed by atoms with E-state index >= 15 is 9.18 Å². The lowest BCUT2D eigenvalue weighted by molar-refractivity contribution is -0.0481. The summed E-state index contributed by atoms with van der Waals surface area (Å²) < 4.78 is 35.4. The highest BCUT2D eigenvalue weighted by Crippen LogP contribution is 2.59. The molecule has 0 spiro atoms. The second kappa shape index (κ2) is 13.1. The first-order chi connectivity index (χ1) is 25.0. The van der Waals surface area contributed by atoms with Gasteiger partial charge in [-0.15, -0.1) is 0 Å². The zero-order chi connectivity index (χ0) is 38.2. The number of hydrogen-bond donors (Lipinski definition) is 2. The van der Waals surface area contributed by atoms with Crippen molar-refractivity contribution >= 4 is 43.0 Å². The van der Waals surface area contributed by atoms with E-state index in [0.29, 0.717) is 22.8 Å². The van der Waals surface area contributed by atoms with Crippen LogP contribution in [0.2, 0.25) is 23.3 Å². The number of ketones is 2. The van der Waals surface area contributed by atoms with Crippen LogP contribution in [0.25, 0.3) is 0 Å². The van der Waals surface area contributed by atoms with E-state index in [2.05, 4.69) is 20.4 Å². The van der Waals surface area contributed by atoms with Crippen LogP contribution >= 0.6 is 11.6 Å². The second-order valence-corrected chi connectivity index (χ2v) is 21.0. The number of aromatic nitrogens is 3. The minimum atomic E-state index is -2.90. The number of aliphatic hydroxyl groups is 1. The van der Waals surface area contributed by atoms with Gasteiger partial charge in [-0.3, -0.25) is 14.5 Å². The number of ether oxygens (including phenoxy) is 1. The molecule has 2 heterocycles. The van der Waals surface area contributed by atoms with Crippen LogP contribution < -0.4 is 10.1 Å².